The lowest BCUT2D eigenvalue weighted by atomic mass is 9.85. The van der Waals surface area contributed by atoms with Gasteiger partial charge in [-0.25, -0.2) is 18.3 Å². The molecule has 0 radical (unpaired) electrons. The number of aryl methyl sites for hydroxylation is 1. The second-order valence-corrected chi connectivity index (χ2v) is 6.11. The van der Waals surface area contributed by atoms with Crippen LogP contribution in [0.3, 0.4) is 0 Å². The molecule has 1 aromatic carbocycles. The number of carbonyl (C=O) groups is 1. The third-order valence-electron chi connectivity index (χ3n) is 4.42. The lowest BCUT2D eigenvalue weighted by molar-refractivity contribution is -0.116. The number of aromatic nitrogens is 4. The number of benzene rings is 1. The normalized spacial score (nSPS) is 16.1. The number of hydrogen-bond acceptors (Lipinski definition) is 4. The highest BCUT2D eigenvalue weighted by Crippen LogP contribution is 2.41. The monoisotopic (exact) mass is 375 g/mol. The summed E-state index contributed by atoms with van der Waals surface area (Å²) in [6, 6.07) is 4.58. The summed E-state index contributed by atoms with van der Waals surface area (Å²) in [5, 5.41) is 13.1. The van der Waals surface area contributed by atoms with E-state index in [2.05, 4.69) is 20.6 Å². The van der Waals surface area contributed by atoms with E-state index < -0.39 is 34.8 Å². The third-order valence-corrected chi connectivity index (χ3v) is 4.42. The van der Waals surface area contributed by atoms with Gasteiger partial charge in [0.1, 0.15) is 5.82 Å². The maximum atomic E-state index is 14.3. The van der Waals surface area contributed by atoms with Gasteiger partial charge in [0, 0.05) is 24.0 Å². The molecule has 1 amide bonds. The first-order chi connectivity index (χ1) is 12.9. The van der Waals surface area contributed by atoms with Crippen molar-refractivity contribution in [1.82, 2.24) is 20.0 Å². The largest absolute Gasteiger partial charge is 0.310 e. The van der Waals surface area contributed by atoms with Gasteiger partial charge in [-0.1, -0.05) is 6.07 Å². The van der Waals surface area contributed by atoms with Crippen molar-refractivity contribution in [1.29, 1.82) is 0 Å². The summed E-state index contributed by atoms with van der Waals surface area (Å²) in [4.78, 5) is 23.4. The Balaban J connectivity index is 1.91. The fraction of sp³-hybridized carbons (Fsp3) is 0.176. The Bertz CT molecular complexity index is 1120. The second-order valence-electron chi connectivity index (χ2n) is 6.11. The number of rotatable bonds is 2. The Morgan fingerprint density at radius 2 is 1.89 bits per heavy atom. The van der Waals surface area contributed by atoms with Crippen molar-refractivity contribution in [2.24, 2.45) is 0 Å². The molecule has 4 rings (SSSR count). The zero-order chi connectivity index (χ0) is 19.3. The van der Waals surface area contributed by atoms with Crippen LogP contribution in [0.5, 0.6) is 0 Å². The number of amides is 1. The van der Waals surface area contributed by atoms with Crippen LogP contribution in [0.1, 0.15) is 29.2 Å². The van der Waals surface area contributed by atoms with Gasteiger partial charge in [-0.2, -0.15) is 14.9 Å². The number of anilines is 1. The van der Waals surface area contributed by atoms with Crippen LogP contribution in [0.2, 0.25) is 0 Å². The molecule has 3 aromatic rings. The number of H-pyrrole nitrogens is 1. The van der Waals surface area contributed by atoms with Crippen LogP contribution in [0, 0.1) is 24.4 Å². The summed E-state index contributed by atoms with van der Waals surface area (Å²) in [5.41, 5.74) is 0.365. The van der Waals surface area contributed by atoms with Crippen LogP contribution in [0.4, 0.5) is 19.0 Å². The van der Waals surface area contributed by atoms with Gasteiger partial charge in [0.15, 0.2) is 23.3 Å². The second kappa shape index (κ2) is 6.08. The summed E-state index contributed by atoms with van der Waals surface area (Å²) >= 11 is 0. The van der Waals surface area contributed by atoms with Gasteiger partial charge in [-0.05, 0) is 24.6 Å². The lowest BCUT2D eigenvalue weighted by Crippen LogP contribution is -2.26. The van der Waals surface area contributed by atoms with E-state index in [4.69, 9.17) is 0 Å². The zero-order valence-corrected chi connectivity index (χ0v) is 13.9. The molecule has 2 aromatic heterocycles. The van der Waals surface area contributed by atoms with Gasteiger partial charge >= 0.3 is 0 Å². The molecule has 138 valence electrons. The molecule has 1 aliphatic rings. The van der Waals surface area contributed by atoms with Crippen LogP contribution in [0.15, 0.2) is 29.1 Å². The number of fused-ring (bicyclic) bond motifs is 1. The Labute approximate surface area is 149 Å². The highest BCUT2D eigenvalue weighted by Gasteiger charge is 2.35. The number of hydrogen-bond donors (Lipinski definition) is 2. The summed E-state index contributed by atoms with van der Waals surface area (Å²) in [6.45, 7) is 1.64. The first-order valence-electron chi connectivity index (χ1n) is 7.95. The predicted molar refractivity (Wildman–Crippen MR) is 88.1 cm³/mol. The molecule has 0 spiro atoms. The van der Waals surface area contributed by atoms with Crippen molar-refractivity contribution in [3.05, 3.63) is 68.9 Å². The van der Waals surface area contributed by atoms with Gasteiger partial charge in [0.05, 0.1) is 5.69 Å². The Morgan fingerprint density at radius 1 is 1.11 bits per heavy atom. The van der Waals surface area contributed by atoms with Gasteiger partial charge in [-0.3, -0.25) is 9.59 Å². The molecule has 10 heteroatoms. The van der Waals surface area contributed by atoms with Crippen molar-refractivity contribution in [3.63, 3.8) is 0 Å². The fourth-order valence-electron chi connectivity index (χ4n) is 3.24. The number of nitrogens with one attached hydrogen (secondary N) is 2. The summed E-state index contributed by atoms with van der Waals surface area (Å²) in [6.07, 6.45) is -0.152. The number of nitrogens with zero attached hydrogens (tertiary/aromatic N) is 3. The maximum absolute atomic E-state index is 14.3. The minimum atomic E-state index is -1.59. The molecule has 0 bridgehead atoms. The van der Waals surface area contributed by atoms with E-state index in [1.165, 1.54) is 16.8 Å². The highest BCUT2D eigenvalue weighted by atomic mass is 19.2. The van der Waals surface area contributed by atoms with Crippen molar-refractivity contribution < 1.29 is 18.0 Å². The van der Waals surface area contributed by atoms with Gasteiger partial charge in [-0.15, -0.1) is 0 Å². The fourth-order valence-corrected chi connectivity index (χ4v) is 3.24. The maximum Gasteiger partial charge on any atom is 0.264 e. The molecular weight excluding hydrogens is 363 g/mol. The Morgan fingerprint density at radius 3 is 2.59 bits per heavy atom. The molecule has 3 heterocycles. The topological polar surface area (TPSA) is 92.7 Å². The quantitative estimate of drug-likeness (QED) is 0.672. The standard InChI is InChI=1S/C17H12F3N5O2/c1-7-14-9(8-2-3-10(18)16(20)15(8)19)6-13(27)21-17(14)25(24-7)11-4-5-12(26)23-22-11/h2-5,9H,6H2,1H3,(H,21,27)(H,23,26)/t9-/m0/s1. The van der Waals surface area contributed by atoms with E-state index >= 15 is 0 Å². The minimum absolute atomic E-state index is 0.137. The Hall–Kier alpha value is -3.43. The van der Waals surface area contributed by atoms with Gasteiger partial charge in [0.2, 0.25) is 5.91 Å². The van der Waals surface area contributed by atoms with Gasteiger partial charge in [0.25, 0.3) is 5.56 Å². The average molecular weight is 375 g/mol. The van der Waals surface area contributed by atoms with Crippen LogP contribution < -0.4 is 10.9 Å². The molecule has 0 fully saturated rings. The molecule has 0 saturated carbocycles. The van der Waals surface area contributed by atoms with Crippen molar-refractivity contribution in [2.75, 3.05) is 5.32 Å². The predicted octanol–water partition coefficient (Wildman–Crippen LogP) is 2.16. The molecule has 2 N–H and O–H groups in total. The van der Waals surface area contributed by atoms with E-state index in [-0.39, 0.29) is 23.6 Å². The third kappa shape index (κ3) is 2.69. The van der Waals surface area contributed by atoms with Crippen LogP contribution >= 0.6 is 0 Å². The number of carbonyl (C=O) groups excluding carboxylic acids is 1. The van der Waals surface area contributed by atoms with E-state index in [0.29, 0.717) is 11.3 Å². The first-order valence-corrected chi connectivity index (χ1v) is 7.95. The molecule has 0 aliphatic carbocycles. The smallest absolute Gasteiger partial charge is 0.264 e. The summed E-state index contributed by atoms with van der Waals surface area (Å²) in [5.74, 6) is -5.06. The molecule has 27 heavy (non-hydrogen) atoms. The molecule has 7 nitrogen and oxygen atoms in total. The average Bonchev–Trinajstić information content (AvgIpc) is 2.96. The van der Waals surface area contributed by atoms with E-state index in [1.807, 2.05) is 0 Å². The van der Waals surface area contributed by atoms with E-state index in [1.54, 1.807) is 6.92 Å². The molecule has 0 unspecified atom stereocenters. The van der Waals surface area contributed by atoms with E-state index in [0.717, 1.165) is 12.1 Å². The van der Waals surface area contributed by atoms with Crippen molar-refractivity contribution in [2.45, 2.75) is 19.3 Å². The van der Waals surface area contributed by atoms with E-state index in [9.17, 15) is 22.8 Å². The zero-order valence-electron chi connectivity index (χ0n) is 13.9. The highest BCUT2D eigenvalue weighted by molar-refractivity contribution is 5.95. The SMILES string of the molecule is Cc1nn(-c2ccc(=O)[nH]n2)c2c1[C@H](c1ccc(F)c(F)c1F)CC(=O)N2. The van der Waals surface area contributed by atoms with Crippen LogP contribution in [-0.2, 0) is 4.79 Å². The van der Waals surface area contributed by atoms with Crippen molar-refractivity contribution in [3.8, 4) is 5.82 Å². The summed E-state index contributed by atoms with van der Waals surface area (Å²) < 4.78 is 42.6. The first kappa shape index (κ1) is 17.0. The molecule has 1 atom stereocenters. The van der Waals surface area contributed by atoms with Crippen LogP contribution in [0.25, 0.3) is 5.82 Å². The van der Waals surface area contributed by atoms with Crippen LogP contribution in [-0.4, -0.2) is 25.9 Å². The Kier molecular flexibility index (Phi) is 3.83. The molecule has 1 aliphatic heterocycles. The van der Waals surface area contributed by atoms with Gasteiger partial charge < -0.3 is 5.32 Å². The molecular formula is C17H12F3N5O2. The summed E-state index contributed by atoms with van der Waals surface area (Å²) in [7, 11) is 0. The lowest BCUT2D eigenvalue weighted by Gasteiger charge is -2.24. The van der Waals surface area contributed by atoms with Crippen molar-refractivity contribution >= 4 is 11.7 Å². The minimum Gasteiger partial charge on any atom is -0.310 e. The molecule has 0 saturated heterocycles. The number of halogens is 3. The number of aromatic amines is 1.